The highest BCUT2D eigenvalue weighted by Gasteiger charge is 2.22. The molecule has 1 atom stereocenters. The first-order valence-corrected chi connectivity index (χ1v) is 6.09. The lowest BCUT2D eigenvalue weighted by Gasteiger charge is -2.32. The molecule has 0 aromatic carbocycles. The quantitative estimate of drug-likeness (QED) is 0.397. The standard InChI is InChI=1S/C13H29N3/c1-8-9-12(15-16(6)7)14-10-13(4,5)11(2)3/h8-9,11-12,14-15H,10H2,1-7H3/b9-8-/t12-/m0/s1. The van der Waals surface area contributed by atoms with Gasteiger partial charge in [0.15, 0.2) is 0 Å². The molecule has 96 valence electrons. The van der Waals surface area contributed by atoms with Gasteiger partial charge in [-0.25, -0.2) is 10.4 Å². The van der Waals surface area contributed by atoms with Crippen molar-refractivity contribution >= 4 is 0 Å². The molecule has 0 spiro atoms. The van der Waals surface area contributed by atoms with Gasteiger partial charge in [-0.05, 0) is 18.3 Å². The molecule has 2 N–H and O–H groups in total. The van der Waals surface area contributed by atoms with Crippen molar-refractivity contribution in [1.82, 2.24) is 15.8 Å². The van der Waals surface area contributed by atoms with E-state index in [1.54, 1.807) is 0 Å². The Kier molecular flexibility index (Phi) is 6.88. The summed E-state index contributed by atoms with van der Waals surface area (Å²) in [5.41, 5.74) is 3.64. The van der Waals surface area contributed by atoms with Crippen molar-refractivity contribution in [1.29, 1.82) is 0 Å². The van der Waals surface area contributed by atoms with Crippen molar-refractivity contribution in [2.24, 2.45) is 11.3 Å². The van der Waals surface area contributed by atoms with E-state index in [2.05, 4.69) is 50.6 Å². The molecular formula is C13H29N3. The first kappa shape index (κ1) is 15.6. The van der Waals surface area contributed by atoms with Gasteiger partial charge in [0.25, 0.3) is 0 Å². The monoisotopic (exact) mass is 227 g/mol. The Bertz CT molecular complexity index is 207. The van der Waals surface area contributed by atoms with Crippen LogP contribution in [-0.4, -0.2) is 31.8 Å². The van der Waals surface area contributed by atoms with Gasteiger partial charge in [0, 0.05) is 20.6 Å². The van der Waals surface area contributed by atoms with E-state index in [9.17, 15) is 0 Å². The molecule has 0 rings (SSSR count). The van der Waals surface area contributed by atoms with Crippen molar-refractivity contribution in [2.75, 3.05) is 20.6 Å². The smallest absolute Gasteiger partial charge is 0.0895 e. The zero-order valence-corrected chi connectivity index (χ0v) is 12.0. The van der Waals surface area contributed by atoms with Crippen molar-refractivity contribution in [3.05, 3.63) is 12.2 Å². The fourth-order valence-electron chi connectivity index (χ4n) is 1.20. The van der Waals surface area contributed by atoms with Gasteiger partial charge in [-0.1, -0.05) is 39.8 Å². The number of nitrogens with zero attached hydrogens (tertiary/aromatic N) is 1. The van der Waals surface area contributed by atoms with E-state index in [4.69, 9.17) is 0 Å². The zero-order valence-electron chi connectivity index (χ0n) is 12.0. The molecule has 3 heteroatoms. The van der Waals surface area contributed by atoms with Crippen LogP contribution >= 0.6 is 0 Å². The highest BCUT2D eigenvalue weighted by Crippen LogP contribution is 2.24. The number of rotatable bonds is 7. The third-order valence-corrected chi connectivity index (χ3v) is 3.12. The van der Waals surface area contributed by atoms with Crippen LogP contribution in [0.1, 0.15) is 34.6 Å². The zero-order chi connectivity index (χ0) is 12.8. The van der Waals surface area contributed by atoms with Crippen LogP contribution < -0.4 is 10.7 Å². The minimum atomic E-state index is 0.207. The van der Waals surface area contributed by atoms with Crippen molar-refractivity contribution < 1.29 is 0 Å². The molecular weight excluding hydrogens is 198 g/mol. The second kappa shape index (κ2) is 7.05. The Morgan fingerprint density at radius 3 is 2.19 bits per heavy atom. The summed E-state index contributed by atoms with van der Waals surface area (Å²) < 4.78 is 0. The average Bonchev–Trinajstić information content (AvgIpc) is 2.13. The summed E-state index contributed by atoms with van der Waals surface area (Å²) in [5.74, 6) is 0.672. The van der Waals surface area contributed by atoms with E-state index in [0.717, 1.165) is 6.54 Å². The Balaban J connectivity index is 4.21. The maximum Gasteiger partial charge on any atom is 0.0895 e. The average molecular weight is 227 g/mol. The van der Waals surface area contributed by atoms with Gasteiger partial charge in [-0.3, -0.25) is 5.32 Å². The third kappa shape index (κ3) is 6.26. The summed E-state index contributed by atoms with van der Waals surface area (Å²) in [6, 6.07) is 0. The normalized spacial score (nSPS) is 15.3. The Labute approximate surface area is 101 Å². The van der Waals surface area contributed by atoms with E-state index in [1.807, 2.05) is 26.0 Å². The predicted octanol–water partition coefficient (Wildman–Crippen LogP) is 2.23. The van der Waals surface area contributed by atoms with E-state index in [0.29, 0.717) is 11.3 Å². The lowest BCUT2D eigenvalue weighted by molar-refractivity contribution is 0.194. The first-order chi connectivity index (χ1) is 7.29. The van der Waals surface area contributed by atoms with Gasteiger partial charge in [0.05, 0.1) is 6.17 Å². The third-order valence-electron chi connectivity index (χ3n) is 3.12. The number of hydrazine groups is 1. The lowest BCUT2D eigenvalue weighted by Crippen LogP contribution is -2.50. The molecule has 0 unspecified atom stereocenters. The Morgan fingerprint density at radius 2 is 1.81 bits per heavy atom. The van der Waals surface area contributed by atoms with Crippen LogP contribution in [-0.2, 0) is 0 Å². The van der Waals surface area contributed by atoms with Crippen LogP contribution in [0.25, 0.3) is 0 Å². The van der Waals surface area contributed by atoms with E-state index in [1.165, 1.54) is 0 Å². The summed E-state index contributed by atoms with van der Waals surface area (Å²) in [4.78, 5) is 0. The summed E-state index contributed by atoms with van der Waals surface area (Å²) in [7, 11) is 4.01. The highest BCUT2D eigenvalue weighted by atomic mass is 15.5. The van der Waals surface area contributed by atoms with E-state index >= 15 is 0 Å². The van der Waals surface area contributed by atoms with Crippen LogP contribution in [0.3, 0.4) is 0 Å². The Morgan fingerprint density at radius 1 is 1.25 bits per heavy atom. The topological polar surface area (TPSA) is 27.3 Å². The van der Waals surface area contributed by atoms with Gasteiger partial charge in [-0.2, -0.15) is 0 Å². The lowest BCUT2D eigenvalue weighted by atomic mass is 9.81. The molecule has 16 heavy (non-hydrogen) atoms. The molecule has 0 aliphatic rings. The molecule has 0 fully saturated rings. The maximum atomic E-state index is 3.53. The van der Waals surface area contributed by atoms with Crippen LogP contribution in [0.5, 0.6) is 0 Å². The molecule has 3 nitrogen and oxygen atoms in total. The van der Waals surface area contributed by atoms with E-state index in [-0.39, 0.29) is 6.17 Å². The molecule has 0 amide bonds. The fraction of sp³-hybridized carbons (Fsp3) is 0.846. The van der Waals surface area contributed by atoms with Gasteiger partial charge in [0.2, 0.25) is 0 Å². The second-order valence-electron chi connectivity index (χ2n) is 5.55. The summed E-state index contributed by atoms with van der Waals surface area (Å²) >= 11 is 0. The van der Waals surface area contributed by atoms with Gasteiger partial charge < -0.3 is 0 Å². The van der Waals surface area contributed by atoms with Crippen molar-refractivity contribution in [3.63, 3.8) is 0 Å². The van der Waals surface area contributed by atoms with Gasteiger partial charge in [0.1, 0.15) is 0 Å². The molecule has 0 aromatic heterocycles. The fourth-order valence-corrected chi connectivity index (χ4v) is 1.20. The van der Waals surface area contributed by atoms with Gasteiger partial charge in [-0.15, -0.1) is 0 Å². The molecule has 0 heterocycles. The van der Waals surface area contributed by atoms with Crippen LogP contribution in [0, 0.1) is 11.3 Å². The molecule has 0 aliphatic heterocycles. The number of nitrogens with one attached hydrogen (secondary N) is 2. The predicted molar refractivity (Wildman–Crippen MR) is 72.0 cm³/mol. The van der Waals surface area contributed by atoms with Crippen LogP contribution in [0.4, 0.5) is 0 Å². The summed E-state index contributed by atoms with van der Waals surface area (Å²) in [5, 5.41) is 5.51. The van der Waals surface area contributed by atoms with Crippen LogP contribution in [0.2, 0.25) is 0 Å². The number of hydrogen-bond donors (Lipinski definition) is 2. The number of hydrogen-bond acceptors (Lipinski definition) is 3. The minimum absolute atomic E-state index is 0.207. The second-order valence-corrected chi connectivity index (χ2v) is 5.55. The van der Waals surface area contributed by atoms with Gasteiger partial charge >= 0.3 is 0 Å². The maximum absolute atomic E-state index is 3.53. The molecule has 0 bridgehead atoms. The first-order valence-electron chi connectivity index (χ1n) is 6.09. The highest BCUT2D eigenvalue weighted by molar-refractivity contribution is 4.90. The SMILES string of the molecule is C/C=C\[C@@H](NCC(C)(C)C(C)C)NN(C)C. The summed E-state index contributed by atoms with van der Waals surface area (Å²) in [6.07, 6.45) is 4.41. The van der Waals surface area contributed by atoms with Crippen molar-refractivity contribution in [2.45, 2.75) is 40.8 Å². The molecule has 0 saturated heterocycles. The van der Waals surface area contributed by atoms with Crippen molar-refractivity contribution in [3.8, 4) is 0 Å². The summed E-state index contributed by atoms with van der Waals surface area (Å²) in [6.45, 7) is 12.2. The molecule has 0 aromatic rings. The largest absolute Gasteiger partial charge is 0.297 e. The Hall–Kier alpha value is -0.380. The molecule has 0 aliphatic carbocycles. The number of allylic oxidation sites excluding steroid dienone is 1. The molecule has 0 radical (unpaired) electrons. The van der Waals surface area contributed by atoms with E-state index < -0.39 is 0 Å². The minimum Gasteiger partial charge on any atom is -0.297 e. The molecule has 0 saturated carbocycles. The van der Waals surface area contributed by atoms with Crippen LogP contribution in [0.15, 0.2) is 12.2 Å².